The van der Waals surface area contributed by atoms with Gasteiger partial charge in [0.1, 0.15) is 0 Å². The highest BCUT2D eigenvalue weighted by Crippen LogP contribution is 2.27. The summed E-state index contributed by atoms with van der Waals surface area (Å²) in [5.41, 5.74) is 1.25. The molecule has 2 heteroatoms. The van der Waals surface area contributed by atoms with Crippen LogP contribution >= 0.6 is 0 Å². The molecule has 0 amide bonds. The number of rotatable bonds is 1. The lowest BCUT2D eigenvalue weighted by Crippen LogP contribution is -2.12. The number of carbonyl (C=O) groups excluding carboxylic acids is 1. The van der Waals surface area contributed by atoms with E-state index in [1.807, 2.05) is 26.8 Å². The molecule has 62 valence electrons. The van der Waals surface area contributed by atoms with Gasteiger partial charge in [0.05, 0.1) is 12.5 Å². The van der Waals surface area contributed by atoms with Crippen LogP contribution in [0, 0.1) is 11.8 Å². The second kappa shape index (κ2) is 3.07. The van der Waals surface area contributed by atoms with Crippen LogP contribution in [0.3, 0.4) is 0 Å². The molecule has 1 heterocycles. The molecule has 0 aromatic heterocycles. The molecule has 0 aromatic rings. The average molecular weight is 154 g/mol. The van der Waals surface area contributed by atoms with E-state index in [0.717, 1.165) is 0 Å². The average Bonchev–Trinajstić information content (AvgIpc) is 2.32. The Morgan fingerprint density at radius 3 is 2.73 bits per heavy atom. The first-order chi connectivity index (χ1) is 5.16. The van der Waals surface area contributed by atoms with Crippen molar-refractivity contribution in [2.75, 3.05) is 6.61 Å². The molecule has 1 saturated heterocycles. The predicted molar refractivity (Wildman–Crippen MR) is 43.0 cm³/mol. The Hall–Kier alpha value is -0.790. The zero-order valence-electron chi connectivity index (χ0n) is 7.26. The molecule has 0 spiro atoms. The zero-order chi connectivity index (χ0) is 8.43. The molecule has 2 nitrogen and oxygen atoms in total. The largest absolute Gasteiger partial charge is 0.465 e. The third kappa shape index (κ3) is 1.44. The smallest absolute Gasteiger partial charge is 0.309 e. The van der Waals surface area contributed by atoms with Crippen LogP contribution in [-0.4, -0.2) is 12.6 Å². The normalized spacial score (nSPS) is 32.3. The third-order valence-electron chi connectivity index (χ3n) is 2.42. The number of allylic oxidation sites excluding steroid dienone is 1. The minimum absolute atomic E-state index is 0.0474. The van der Waals surface area contributed by atoms with Crippen molar-refractivity contribution in [3.05, 3.63) is 11.6 Å². The van der Waals surface area contributed by atoms with Crippen molar-refractivity contribution in [2.24, 2.45) is 11.8 Å². The minimum Gasteiger partial charge on any atom is -0.465 e. The van der Waals surface area contributed by atoms with Crippen molar-refractivity contribution >= 4 is 5.97 Å². The van der Waals surface area contributed by atoms with E-state index in [0.29, 0.717) is 12.5 Å². The van der Waals surface area contributed by atoms with Crippen LogP contribution in [0.4, 0.5) is 0 Å². The summed E-state index contributed by atoms with van der Waals surface area (Å²) in [6.07, 6.45) is 2.04. The highest BCUT2D eigenvalue weighted by molar-refractivity contribution is 5.74. The molecule has 0 aromatic carbocycles. The Labute approximate surface area is 67.2 Å². The monoisotopic (exact) mass is 154 g/mol. The summed E-state index contributed by atoms with van der Waals surface area (Å²) in [7, 11) is 0. The van der Waals surface area contributed by atoms with Crippen LogP contribution in [0.2, 0.25) is 0 Å². The van der Waals surface area contributed by atoms with Gasteiger partial charge in [0.2, 0.25) is 0 Å². The predicted octanol–water partition coefficient (Wildman–Crippen LogP) is 1.76. The van der Waals surface area contributed by atoms with Gasteiger partial charge in [-0.3, -0.25) is 4.79 Å². The lowest BCUT2D eigenvalue weighted by molar-refractivity contribution is -0.140. The highest BCUT2D eigenvalue weighted by atomic mass is 16.5. The number of hydrogen-bond donors (Lipinski definition) is 0. The third-order valence-corrected chi connectivity index (χ3v) is 2.42. The SMILES string of the molecule is C/C=C(\C)C1COC(=O)C1C. The van der Waals surface area contributed by atoms with Crippen LogP contribution in [0.15, 0.2) is 11.6 Å². The van der Waals surface area contributed by atoms with Crippen LogP contribution in [-0.2, 0) is 9.53 Å². The second-order valence-electron chi connectivity index (χ2n) is 3.06. The molecule has 2 unspecified atom stereocenters. The zero-order valence-corrected chi connectivity index (χ0v) is 7.26. The Morgan fingerprint density at radius 2 is 2.36 bits per heavy atom. The van der Waals surface area contributed by atoms with Gasteiger partial charge in [0, 0.05) is 5.92 Å². The van der Waals surface area contributed by atoms with Gasteiger partial charge in [-0.05, 0) is 13.8 Å². The van der Waals surface area contributed by atoms with Crippen molar-refractivity contribution < 1.29 is 9.53 Å². The first-order valence-corrected chi connectivity index (χ1v) is 3.96. The van der Waals surface area contributed by atoms with Gasteiger partial charge in [-0.25, -0.2) is 0 Å². The molecule has 1 rings (SSSR count). The quantitative estimate of drug-likeness (QED) is 0.425. The van der Waals surface area contributed by atoms with Crippen LogP contribution in [0.5, 0.6) is 0 Å². The fourth-order valence-electron chi connectivity index (χ4n) is 1.35. The lowest BCUT2D eigenvalue weighted by Gasteiger charge is -2.09. The van der Waals surface area contributed by atoms with Gasteiger partial charge in [0.25, 0.3) is 0 Å². The molecule has 1 fully saturated rings. The van der Waals surface area contributed by atoms with E-state index in [9.17, 15) is 4.79 Å². The highest BCUT2D eigenvalue weighted by Gasteiger charge is 2.33. The number of cyclic esters (lactones) is 1. The second-order valence-corrected chi connectivity index (χ2v) is 3.06. The van der Waals surface area contributed by atoms with Gasteiger partial charge in [-0.2, -0.15) is 0 Å². The molecule has 0 radical (unpaired) electrons. The van der Waals surface area contributed by atoms with Crippen LogP contribution < -0.4 is 0 Å². The summed E-state index contributed by atoms with van der Waals surface area (Å²) in [4.78, 5) is 11.0. The van der Waals surface area contributed by atoms with Crippen molar-refractivity contribution in [1.82, 2.24) is 0 Å². The number of ether oxygens (including phenoxy) is 1. The van der Waals surface area contributed by atoms with Crippen LogP contribution in [0.1, 0.15) is 20.8 Å². The number of carbonyl (C=O) groups is 1. The summed E-state index contributed by atoms with van der Waals surface area (Å²) in [6.45, 7) is 6.52. The maximum atomic E-state index is 11.0. The molecule has 0 saturated carbocycles. The fourth-order valence-corrected chi connectivity index (χ4v) is 1.35. The number of esters is 1. The van der Waals surface area contributed by atoms with Crippen molar-refractivity contribution in [3.8, 4) is 0 Å². The molecule has 1 aliphatic rings. The Bertz CT molecular complexity index is 194. The maximum absolute atomic E-state index is 11.0. The summed E-state index contributed by atoms with van der Waals surface area (Å²) in [6, 6.07) is 0. The van der Waals surface area contributed by atoms with Crippen LogP contribution in [0.25, 0.3) is 0 Å². The molecule has 0 N–H and O–H groups in total. The lowest BCUT2D eigenvalue weighted by atomic mass is 9.91. The van der Waals surface area contributed by atoms with E-state index < -0.39 is 0 Å². The van der Waals surface area contributed by atoms with Gasteiger partial charge >= 0.3 is 5.97 Å². The van der Waals surface area contributed by atoms with Crippen molar-refractivity contribution in [2.45, 2.75) is 20.8 Å². The summed E-state index contributed by atoms with van der Waals surface area (Å²) >= 11 is 0. The Morgan fingerprint density at radius 1 is 1.73 bits per heavy atom. The number of hydrogen-bond acceptors (Lipinski definition) is 2. The topological polar surface area (TPSA) is 26.3 Å². The molecule has 2 atom stereocenters. The van der Waals surface area contributed by atoms with E-state index in [1.54, 1.807) is 0 Å². The van der Waals surface area contributed by atoms with Gasteiger partial charge in [-0.1, -0.05) is 18.6 Å². The minimum atomic E-state index is -0.0591. The fraction of sp³-hybridized carbons (Fsp3) is 0.667. The Balaban J connectivity index is 2.69. The van der Waals surface area contributed by atoms with Gasteiger partial charge < -0.3 is 4.74 Å². The van der Waals surface area contributed by atoms with Crippen molar-refractivity contribution in [1.29, 1.82) is 0 Å². The summed E-state index contributed by atoms with van der Waals surface area (Å²) in [5, 5.41) is 0. The van der Waals surface area contributed by atoms with E-state index in [1.165, 1.54) is 5.57 Å². The Kier molecular flexibility index (Phi) is 2.32. The first-order valence-electron chi connectivity index (χ1n) is 3.96. The molecule has 0 bridgehead atoms. The van der Waals surface area contributed by atoms with E-state index >= 15 is 0 Å². The molecule has 1 aliphatic heterocycles. The van der Waals surface area contributed by atoms with E-state index in [2.05, 4.69) is 0 Å². The molecular weight excluding hydrogens is 140 g/mol. The van der Waals surface area contributed by atoms with E-state index in [4.69, 9.17) is 4.74 Å². The molecule has 11 heavy (non-hydrogen) atoms. The molecule has 0 aliphatic carbocycles. The first kappa shape index (κ1) is 8.31. The van der Waals surface area contributed by atoms with Gasteiger partial charge in [-0.15, -0.1) is 0 Å². The maximum Gasteiger partial charge on any atom is 0.309 e. The summed E-state index contributed by atoms with van der Waals surface area (Å²) in [5.74, 6) is 0.301. The summed E-state index contributed by atoms with van der Waals surface area (Å²) < 4.78 is 4.92. The molecular formula is C9H14O2. The van der Waals surface area contributed by atoms with Gasteiger partial charge in [0.15, 0.2) is 0 Å². The standard InChI is InChI=1S/C9H14O2/c1-4-6(2)8-5-11-9(10)7(8)3/h4,7-8H,5H2,1-3H3/b6-4+. The van der Waals surface area contributed by atoms with E-state index in [-0.39, 0.29) is 11.9 Å². The van der Waals surface area contributed by atoms with Crippen molar-refractivity contribution in [3.63, 3.8) is 0 Å².